The summed E-state index contributed by atoms with van der Waals surface area (Å²) < 4.78 is 5.52. The number of hydrogen-bond acceptors (Lipinski definition) is 4. The van der Waals surface area contributed by atoms with Crippen LogP contribution in [0.4, 0.5) is 0 Å². The number of morpholine rings is 1. The molecule has 1 aliphatic rings. The van der Waals surface area contributed by atoms with Gasteiger partial charge in [0.25, 0.3) is 5.91 Å². The van der Waals surface area contributed by atoms with E-state index in [9.17, 15) is 4.79 Å². The second-order valence-electron chi connectivity index (χ2n) is 4.61. The number of hydrogen-bond donors (Lipinski definition) is 1. The molecule has 1 aromatic heterocycles. The lowest BCUT2D eigenvalue weighted by molar-refractivity contribution is -0.0386. The number of aliphatic hydroxyl groups is 1. The number of thiophene rings is 1. The van der Waals surface area contributed by atoms with E-state index in [4.69, 9.17) is 9.84 Å². The van der Waals surface area contributed by atoms with Gasteiger partial charge in [-0.1, -0.05) is 11.8 Å². The molecule has 1 aromatic rings. The van der Waals surface area contributed by atoms with E-state index in [-0.39, 0.29) is 24.7 Å². The van der Waals surface area contributed by atoms with E-state index < -0.39 is 0 Å². The van der Waals surface area contributed by atoms with Crippen LogP contribution < -0.4 is 0 Å². The van der Waals surface area contributed by atoms with Gasteiger partial charge >= 0.3 is 0 Å². The van der Waals surface area contributed by atoms with Gasteiger partial charge < -0.3 is 14.7 Å². The van der Waals surface area contributed by atoms with Crippen LogP contribution in [-0.2, 0) is 4.74 Å². The van der Waals surface area contributed by atoms with Crippen LogP contribution in [0.15, 0.2) is 11.4 Å². The average Bonchev–Trinajstić information content (AvgIpc) is 2.87. The van der Waals surface area contributed by atoms with Crippen LogP contribution in [0.5, 0.6) is 0 Å². The Kier molecular flexibility index (Phi) is 4.59. The Labute approximate surface area is 117 Å². The number of rotatable bonds is 1. The fourth-order valence-corrected chi connectivity index (χ4v) is 2.74. The van der Waals surface area contributed by atoms with Crippen molar-refractivity contribution in [3.63, 3.8) is 0 Å². The number of nitrogens with zero attached hydrogens (tertiary/aromatic N) is 1. The van der Waals surface area contributed by atoms with Crippen molar-refractivity contribution in [2.24, 2.45) is 0 Å². The van der Waals surface area contributed by atoms with Crippen LogP contribution in [0.1, 0.15) is 29.1 Å². The van der Waals surface area contributed by atoms with Gasteiger partial charge in [-0.25, -0.2) is 0 Å². The second kappa shape index (κ2) is 6.20. The maximum absolute atomic E-state index is 12.4. The lowest BCUT2D eigenvalue weighted by Crippen LogP contribution is -2.50. The van der Waals surface area contributed by atoms with Crippen molar-refractivity contribution in [1.82, 2.24) is 4.90 Å². The molecule has 0 aromatic carbocycles. The summed E-state index contributed by atoms with van der Waals surface area (Å²) in [6.45, 7) is 4.99. The standard InChI is InChI=1S/C14H17NO3S/c1-10-8-18-11(2)7-15(10)14(17)12-6-13(19-9-12)4-3-5-16/h6,9-11,16H,5,7-8H2,1-2H3. The van der Waals surface area contributed by atoms with Gasteiger partial charge in [0.1, 0.15) is 6.61 Å². The van der Waals surface area contributed by atoms with E-state index in [1.807, 2.05) is 24.1 Å². The topological polar surface area (TPSA) is 49.8 Å². The third kappa shape index (κ3) is 3.35. The van der Waals surface area contributed by atoms with Crippen molar-refractivity contribution in [3.05, 3.63) is 21.9 Å². The Bertz CT molecular complexity index is 514. The van der Waals surface area contributed by atoms with E-state index in [1.54, 1.807) is 6.07 Å². The first-order valence-corrected chi connectivity index (χ1v) is 7.10. The highest BCUT2D eigenvalue weighted by Gasteiger charge is 2.28. The molecule has 1 aliphatic heterocycles. The van der Waals surface area contributed by atoms with Crippen LogP contribution in [0.3, 0.4) is 0 Å². The lowest BCUT2D eigenvalue weighted by Gasteiger charge is -2.36. The van der Waals surface area contributed by atoms with Crippen LogP contribution in [-0.4, -0.2) is 47.8 Å². The molecule has 0 spiro atoms. The summed E-state index contributed by atoms with van der Waals surface area (Å²) in [6.07, 6.45) is 0.0763. The van der Waals surface area contributed by atoms with E-state index in [0.29, 0.717) is 18.7 Å². The molecule has 2 heterocycles. The third-order valence-electron chi connectivity index (χ3n) is 3.01. The molecule has 0 saturated carbocycles. The number of carbonyl (C=O) groups is 1. The molecule has 1 N–H and O–H groups in total. The Morgan fingerprint density at radius 2 is 2.42 bits per heavy atom. The molecule has 1 amide bonds. The smallest absolute Gasteiger partial charge is 0.255 e. The first kappa shape index (κ1) is 14.1. The van der Waals surface area contributed by atoms with Crippen molar-refractivity contribution in [3.8, 4) is 11.8 Å². The first-order valence-electron chi connectivity index (χ1n) is 6.22. The first-order chi connectivity index (χ1) is 9.11. The van der Waals surface area contributed by atoms with E-state index >= 15 is 0 Å². The maximum atomic E-state index is 12.4. The van der Waals surface area contributed by atoms with Crippen molar-refractivity contribution < 1.29 is 14.6 Å². The largest absolute Gasteiger partial charge is 0.384 e. The molecule has 2 unspecified atom stereocenters. The minimum absolute atomic E-state index is 0.0240. The van der Waals surface area contributed by atoms with Gasteiger partial charge in [-0.2, -0.15) is 0 Å². The van der Waals surface area contributed by atoms with Gasteiger partial charge in [0.15, 0.2) is 0 Å². The average molecular weight is 279 g/mol. The Balaban J connectivity index is 2.12. The number of aliphatic hydroxyl groups excluding tert-OH is 1. The summed E-state index contributed by atoms with van der Waals surface area (Å²) in [5, 5.41) is 10.5. The predicted octanol–water partition coefficient (Wildman–Crippen LogP) is 1.34. The number of carbonyl (C=O) groups excluding carboxylic acids is 1. The van der Waals surface area contributed by atoms with E-state index in [1.165, 1.54) is 11.3 Å². The Hall–Kier alpha value is -1.35. The van der Waals surface area contributed by atoms with Crippen LogP contribution in [0.2, 0.25) is 0 Å². The molecule has 0 bridgehead atoms. The zero-order chi connectivity index (χ0) is 13.8. The Morgan fingerprint density at radius 1 is 1.63 bits per heavy atom. The molecular weight excluding hydrogens is 262 g/mol. The molecule has 0 aliphatic carbocycles. The fourth-order valence-electron chi connectivity index (χ4n) is 1.99. The van der Waals surface area contributed by atoms with Crippen molar-refractivity contribution in [2.75, 3.05) is 19.8 Å². The normalized spacial score (nSPS) is 22.8. The van der Waals surface area contributed by atoms with Gasteiger partial charge in [0.05, 0.1) is 29.2 Å². The van der Waals surface area contributed by atoms with Crippen LogP contribution in [0, 0.1) is 11.8 Å². The molecule has 2 rings (SSSR count). The molecule has 5 heteroatoms. The summed E-state index contributed by atoms with van der Waals surface area (Å²) in [7, 11) is 0. The summed E-state index contributed by atoms with van der Waals surface area (Å²) in [4.78, 5) is 15.1. The van der Waals surface area contributed by atoms with Gasteiger partial charge in [-0.3, -0.25) is 4.79 Å². The highest BCUT2D eigenvalue weighted by molar-refractivity contribution is 7.10. The molecule has 0 radical (unpaired) electrons. The zero-order valence-corrected chi connectivity index (χ0v) is 11.9. The van der Waals surface area contributed by atoms with Crippen LogP contribution >= 0.6 is 11.3 Å². The molecule has 1 saturated heterocycles. The molecule has 2 atom stereocenters. The minimum Gasteiger partial charge on any atom is -0.384 e. The number of amides is 1. The molecule has 19 heavy (non-hydrogen) atoms. The van der Waals surface area contributed by atoms with E-state index in [2.05, 4.69) is 11.8 Å². The summed E-state index contributed by atoms with van der Waals surface area (Å²) in [5.41, 5.74) is 0.660. The molecule has 102 valence electrons. The fraction of sp³-hybridized carbons (Fsp3) is 0.500. The van der Waals surface area contributed by atoms with Crippen molar-refractivity contribution in [1.29, 1.82) is 0 Å². The summed E-state index contributed by atoms with van der Waals surface area (Å²) >= 11 is 1.42. The van der Waals surface area contributed by atoms with Gasteiger partial charge in [0, 0.05) is 11.9 Å². The maximum Gasteiger partial charge on any atom is 0.255 e. The predicted molar refractivity (Wildman–Crippen MR) is 74.2 cm³/mol. The Morgan fingerprint density at radius 3 is 3.16 bits per heavy atom. The number of ether oxygens (including phenoxy) is 1. The van der Waals surface area contributed by atoms with E-state index in [0.717, 1.165) is 4.88 Å². The molecule has 4 nitrogen and oxygen atoms in total. The van der Waals surface area contributed by atoms with Gasteiger partial charge in [-0.15, -0.1) is 11.3 Å². The van der Waals surface area contributed by atoms with Gasteiger partial charge in [-0.05, 0) is 19.9 Å². The minimum atomic E-state index is -0.167. The lowest BCUT2D eigenvalue weighted by atomic mass is 10.1. The summed E-state index contributed by atoms with van der Waals surface area (Å²) in [6, 6.07) is 1.87. The second-order valence-corrected chi connectivity index (χ2v) is 5.52. The highest BCUT2D eigenvalue weighted by atomic mass is 32.1. The summed E-state index contributed by atoms with van der Waals surface area (Å²) in [5.74, 6) is 5.42. The monoisotopic (exact) mass is 279 g/mol. The highest BCUT2D eigenvalue weighted by Crippen LogP contribution is 2.19. The third-order valence-corrected chi connectivity index (χ3v) is 3.85. The zero-order valence-electron chi connectivity index (χ0n) is 11.0. The SMILES string of the molecule is CC1CN(C(=O)c2csc(C#CCO)c2)C(C)CO1. The molecular formula is C14H17NO3S. The molecule has 1 fully saturated rings. The van der Waals surface area contributed by atoms with Crippen molar-refractivity contribution in [2.45, 2.75) is 26.0 Å². The van der Waals surface area contributed by atoms with Gasteiger partial charge in [0.2, 0.25) is 0 Å². The quantitative estimate of drug-likeness (QED) is 0.789. The van der Waals surface area contributed by atoms with Crippen molar-refractivity contribution >= 4 is 17.2 Å². The van der Waals surface area contributed by atoms with Crippen LogP contribution in [0.25, 0.3) is 0 Å².